The molecule has 1 aliphatic carbocycles. The summed E-state index contributed by atoms with van der Waals surface area (Å²) in [6.07, 6.45) is 6.01. The molecule has 0 aromatic heterocycles. The zero-order valence-corrected chi connectivity index (χ0v) is 10.8. The van der Waals surface area contributed by atoms with Crippen LogP contribution in [0.4, 0.5) is 4.39 Å². The van der Waals surface area contributed by atoms with E-state index in [4.69, 9.17) is 5.73 Å². The van der Waals surface area contributed by atoms with E-state index in [2.05, 4.69) is 0 Å². The molecule has 2 N–H and O–H groups in total. The minimum absolute atomic E-state index is 0.0760. The molecular formula is C15H22FN. The second kappa shape index (κ2) is 4.77. The molecule has 0 aliphatic heterocycles. The minimum atomic E-state index is -0.466. The number of hydrogen-bond donors (Lipinski definition) is 1. The van der Waals surface area contributed by atoms with Gasteiger partial charge < -0.3 is 5.73 Å². The summed E-state index contributed by atoms with van der Waals surface area (Å²) in [5.41, 5.74) is 7.28. The maximum absolute atomic E-state index is 14.1. The standard InChI is InChI=1S/C15H22FN/c1-15(2,17)12-8-9-13(14(16)10-12)11-6-4-3-5-7-11/h8-11H,3-7,17H2,1-2H3. The van der Waals surface area contributed by atoms with E-state index < -0.39 is 5.54 Å². The van der Waals surface area contributed by atoms with Crippen LogP contribution in [0.2, 0.25) is 0 Å². The molecule has 2 rings (SSSR count). The first kappa shape index (κ1) is 12.6. The first-order valence-corrected chi connectivity index (χ1v) is 6.57. The van der Waals surface area contributed by atoms with Crippen molar-refractivity contribution >= 4 is 0 Å². The fraction of sp³-hybridized carbons (Fsp3) is 0.600. The maximum Gasteiger partial charge on any atom is 0.127 e. The van der Waals surface area contributed by atoms with Crippen molar-refractivity contribution in [2.75, 3.05) is 0 Å². The molecule has 0 unspecified atom stereocenters. The Morgan fingerprint density at radius 3 is 2.35 bits per heavy atom. The summed E-state index contributed by atoms with van der Waals surface area (Å²) in [5.74, 6) is 0.339. The minimum Gasteiger partial charge on any atom is -0.322 e. The Morgan fingerprint density at radius 2 is 1.82 bits per heavy atom. The van der Waals surface area contributed by atoms with Crippen molar-refractivity contribution < 1.29 is 4.39 Å². The number of halogens is 1. The SMILES string of the molecule is CC(C)(N)c1ccc(C2CCCCC2)c(F)c1. The van der Waals surface area contributed by atoms with Crippen molar-refractivity contribution in [2.24, 2.45) is 5.73 Å². The Balaban J connectivity index is 2.25. The summed E-state index contributed by atoms with van der Waals surface area (Å²) >= 11 is 0. The monoisotopic (exact) mass is 235 g/mol. The van der Waals surface area contributed by atoms with Crippen molar-refractivity contribution in [1.82, 2.24) is 0 Å². The van der Waals surface area contributed by atoms with Gasteiger partial charge in [-0.25, -0.2) is 4.39 Å². The van der Waals surface area contributed by atoms with Gasteiger partial charge in [0.1, 0.15) is 5.82 Å². The van der Waals surface area contributed by atoms with E-state index in [9.17, 15) is 4.39 Å². The van der Waals surface area contributed by atoms with Gasteiger partial charge in [-0.3, -0.25) is 0 Å². The van der Waals surface area contributed by atoms with Gasteiger partial charge in [0.25, 0.3) is 0 Å². The highest BCUT2D eigenvalue weighted by molar-refractivity contribution is 5.31. The topological polar surface area (TPSA) is 26.0 Å². The molecule has 94 valence electrons. The van der Waals surface area contributed by atoms with Gasteiger partial charge in [-0.05, 0) is 49.8 Å². The highest BCUT2D eigenvalue weighted by atomic mass is 19.1. The molecule has 1 aromatic carbocycles. The van der Waals surface area contributed by atoms with Crippen LogP contribution in [0.5, 0.6) is 0 Å². The fourth-order valence-corrected chi connectivity index (χ4v) is 2.67. The van der Waals surface area contributed by atoms with E-state index in [0.717, 1.165) is 24.0 Å². The first-order chi connectivity index (χ1) is 7.98. The number of hydrogen-bond acceptors (Lipinski definition) is 1. The third-order valence-electron chi connectivity index (χ3n) is 3.79. The normalized spacial score (nSPS) is 18.4. The van der Waals surface area contributed by atoms with Gasteiger partial charge in [-0.15, -0.1) is 0 Å². The molecule has 1 fully saturated rings. The molecule has 1 saturated carbocycles. The summed E-state index contributed by atoms with van der Waals surface area (Å²) in [7, 11) is 0. The zero-order chi connectivity index (χ0) is 12.5. The van der Waals surface area contributed by atoms with Crippen LogP contribution in [0.1, 0.15) is 63.0 Å². The van der Waals surface area contributed by atoms with E-state index in [1.54, 1.807) is 6.07 Å². The number of benzene rings is 1. The second-order valence-corrected chi connectivity index (χ2v) is 5.79. The summed E-state index contributed by atoms with van der Waals surface area (Å²) in [6, 6.07) is 5.53. The smallest absolute Gasteiger partial charge is 0.127 e. The number of nitrogens with two attached hydrogens (primary N) is 1. The average Bonchev–Trinajstić information content (AvgIpc) is 2.29. The van der Waals surface area contributed by atoms with E-state index >= 15 is 0 Å². The molecule has 0 radical (unpaired) electrons. The fourth-order valence-electron chi connectivity index (χ4n) is 2.67. The second-order valence-electron chi connectivity index (χ2n) is 5.79. The summed E-state index contributed by atoms with van der Waals surface area (Å²) < 4.78 is 14.1. The quantitative estimate of drug-likeness (QED) is 0.821. The molecule has 1 aromatic rings. The van der Waals surface area contributed by atoms with Gasteiger partial charge in [0.15, 0.2) is 0 Å². The largest absolute Gasteiger partial charge is 0.322 e. The molecule has 0 bridgehead atoms. The third-order valence-corrected chi connectivity index (χ3v) is 3.79. The average molecular weight is 235 g/mol. The van der Waals surface area contributed by atoms with Crippen molar-refractivity contribution in [3.63, 3.8) is 0 Å². The number of rotatable bonds is 2. The third kappa shape index (κ3) is 2.86. The Bertz CT molecular complexity index is 386. The molecular weight excluding hydrogens is 213 g/mol. The van der Waals surface area contributed by atoms with Crippen molar-refractivity contribution in [1.29, 1.82) is 0 Å². The summed E-state index contributed by atoms with van der Waals surface area (Å²) in [6.45, 7) is 3.81. The van der Waals surface area contributed by atoms with Crippen LogP contribution in [0.3, 0.4) is 0 Å². The molecule has 1 nitrogen and oxygen atoms in total. The lowest BCUT2D eigenvalue weighted by molar-refractivity contribution is 0.428. The van der Waals surface area contributed by atoms with Gasteiger partial charge >= 0.3 is 0 Å². The van der Waals surface area contributed by atoms with Gasteiger partial charge in [0.05, 0.1) is 0 Å². The molecule has 0 atom stereocenters. The Labute approximate surface area is 103 Å². The van der Waals surface area contributed by atoms with Gasteiger partial charge in [-0.1, -0.05) is 31.4 Å². The predicted octanol–water partition coefficient (Wildman–Crippen LogP) is 4.07. The highest BCUT2D eigenvalue weighted by Gasteiger charge is 2.21. The lowest BCUT2D eigenvalue weighted by Gasteiger charge is -2.24. The first-order valence-electron chi connectivity index (χ1n) is 6.57. The van der Waals surface area contributed by atoms with Gasteiger partial charge in [0.2, 0.25) is 0 Å². The Hall–Kier alpha value is -0.890. The molecule has 0 spiro atoms. The van der Waals surface area contributed by atoms with E-state index in [1.807, 2.05) is 26.0 Å². The van der Waals surface area contributed by atoms with Crippen LogP contribution >= 0.6 is 0 Å². The molecule has 2 heteroatoms. The van der Waals surface area contributed by atoms with Crippen LogP contribution in [0.15, 0.2) is 18.2 Å². The van der Waals surface area contributed by atoms with Crippen LogP contribution in [0.25, 0.3) is 0 Å². The van der Waals surface area contributed by atoms with Crippen LogP contribution < -0.4 is 5.73 Å². The van der Waals surface area contributed by atoms with E-state index in [-0.39, 0.29) is 5.82 Å². The van der Waals surface area contributed by atoms with Crippen molar-refractivity contribution in [3.05, 3.63) is 35.1 Å². The zero-order valence-electron chi connectivity index (χ0n) is 10.8. The highest BCUT2D eigenvalue weighted by Crippen LogP contribution is 2.34. The maximum atomic E-state index is 14.1. The van der Waals surface area contributed by atoms with Gasteiger partial charge in [-0.2, -0.15) is 0 Å². The van der Waals surface area contributed by atoms with Gasteiger partial charge in [0, 0.05) is 5.54 Å². The van der Waals surface area contributed by atoms with Crippen molar-refractivity contribution in [3.8, 4) is 0 Å². The van der Waals surface area contributed by atoms with Crippen LogP contribution in [-0.4, -0.2) is 0 Å². The van der Waals surface area contributed by atoms with Crippen LogP contribution in [0, 0.1) is 5.82 Å². The lowest BCUT2D eigenvalue weighted by Crippen LogP contribution is -2.28. The molecule has 0 saturated heterocycles. The summed E-state index contributed by atoms with van der Waals surface area (Å²) in [5, 5.41) is 0. The Kier molecular flexibility index (Phi) is 3.53. The molecule has 17 heavy (non-hydrogen) atoms. The van der Waals surface area contributed by atoms with Crippen molar-refractivity contribution in [2.45, 2.75) is 57.4 Å². The van der Waals surface area contributed by atoms with E-state index in [0.29, 0.717) is 5.92 Å². The van der Waals surface area contributed by atoms with E-state index in [1.165, 1.54) is 19.3 Å². The lowest BCUT2D eigenvalue weighted by atomic mass is 9.82. The predicted molar refractivity (Wildman–Crippen MR) is 69.4 cm³/mol. The molecule has 1 aliphatic rings. The van der Waals surface area contributed by atoms with Crippen LogP contribution in [-0.2, 0) is 5.54 Å². The molecule has 0 amide bonds. The summed E-state index contributed by atoms with van der Waals surface area (Å²) in [4.78, 5) is 0. The molecule has 0 heterocycles. The Morgan fingerprint density at radius 1 is 1.18 bits per heavy atom.